The first-order chi connectivity index (χ1) is 14.3. The molecule has 2 aromatic carbocycles. The van der Waals surface area contributed by atoms with Crippen LogP contribution in [-0.4, -0.2) is 25.0 Å². The van der Waals surface area contributed by atoms with Crippen LogP contribution >= 0.6 is 0 Å². The zero-order valence-corrected chi connectivity index (χ0v) is 18.2. The molecule has 0 spiro atoms. The van der Waals surface area contributed by atoms with Crippen molar-refractivity contribution in [1.82, 2.24) is 10.9 Å². The van der Waals surface area contributed by atoms with Gasteiger partial charge in [0.1, 0.15) is 11.5 Å². The van der Waals surface area contributed by atoms with E-state index in [2.05, 4.69) is 38.5 Å². The molecule has 0 unspecified atom stereocenters. The Morgan fingerprint density at radius 2 is 1.27 bits per heavy atom. The topological polar surface area (TPSA) is 76.7 Å². The first kappa shape index (κ1) is 23.3. The van der Waals surface area contributed by atoms with Gasteiger partial charge in [0.25, 0.3) is 11.8 Å². The van der Waals surface area contributed by atoms with Gasteiger partial charge in [0.15, 0.2) is 0 Å². The molecule has 2 aromatic rings. The second kappa shape index (κ2) is 11.9. The van der Waals surface area contributed by atoms with Crippen molar-refractivity contribution in [3.63, 3.8) is 0 Å². The van der Waals surface area contributed by atoms with Gasteiger partial charge in [-0.3, -0.25) is 20.4 Å². The molecule has 0 aliphatic heterocycles. The standard InChI is InChI=1S/C24H32N2O4/c1-17(2)12-14-29-21-10-8-19(9-11-21)23(27)25-26-24(28)20-6-5-7-22(16-20)30-15-13-18(3)4/h5-11,16-18H,12-15H2,1-4H3,(H,25,27)(H,26,28). The van der Waals surface area contributed by atoms with Crippen LogP contribution < -0.4 is 20.3 Å². The lowest BCUT2D eigenvalue weighted by molar-refractivity contribution is 0.0846. The van der Waals surface area contributed by atoms with E-state index in [4.69, 9.17) is 9.47 Å². The zero-order chi connectivity index (χ0) is 21.9. The van der Waals surface area contributed by atoms with Crippen molar-refractivity contribution in [2.75, 3.05) is 13.2 Å². The molecule has 162 valence electrons. The highest BCUT2D eigenvalue weighted by molar-refractivity contribution is 5.99. The number of amides is 2. The molecule has 0 fully saturated rings. The smallest absolute Gasteiger partial charge is 0.269 e. The molecular formula is C24H32N2O4. The summed E-state index contributed by atoms with van der Waals surface area (Å²) in [5, 5.41) is 0. The third-order valence-electron chi connectivity index (χ3n) is 4.43. The second-order valence-electron chi connectivity index (χ2n) is 8.02. The van der Waals surface area contributed by atoms with Gasteiger partial charge in [-0.15, -0.1) is 0 Å². The molecule has 0 atom stereocenters. The minimum absolute atomic E-state index is 0.401. The molecule has 30 heavy (non-hydrogen) atoms. The molecule has 2 rings (SSSR count). The van der Waals surface area contributed by atoms with E-state index in [1.54, 1.807) is 48.5 Å². The van der Waals surface area contributed by atoms with Gasteiger partial charge in [0.05, 0.1) is 13.2 Å². The van der Waals surface area contributed by atoms with E-state index in [0.717, 1.165) is 12.8 Å². The molecule has 0 aromatic heterocycles. The average Bonchev–Trinajstić information content (AvgIpc) is 2.72. The number of rotatable bonds is 10. The van der Waals surface area contributed by atoms with Crippen LogP contribution in [0, 0.1) is 11.8 Å². The van der Waals surface area contributed by atoms with E-state index in [1.807, 2.05) is 0 Å². The summed E-state index contributed by atoms with van der Waals surface area (Å²) in [6, 6.07) is 13.7. The van der Waals surface area contributed by atoms with Crippen LogP contribution in [-0.2, 0) is 0 Å². The third-order valence-corrected chi connectivity index (χ3v) is 4.43. The number of hydrogen-bond donors (Lipinski definition) is 2. The number of hydrogen-bond acceptors (Lipinski definition) is 4. The summed E-state index contributed by atoms with van der Waals surface area (Å²) < 4.78 is 11.3. The van der Waals surface area contributed by atoms with Crippen LogP contribution in [0.1, 0.15) is 61.3 Å². The number of ether oxygens (including phenoxy) is 2. The van der Waals surface area contributed by atoms with Gasteiger partial charge in [-0.1, -0.05) is 33.8 Å². The summed E-state index contributed by atoms with van der Waals surface area (Å²) in [6.45, 7) is 9.77. The molecular weight excluding hydrogens is 380 g/mol. The number of benzene rings is 2. The molecule has 0 saturated heterocycles. The lowest BCUT2D eigenvalue weighted by Gasteiger charge is -2.11. The van der Waals surface area contributed by atoms with Crippen molar-refractivity contribution in [2.45, 2.75) is 40.5 Å². The molecule has 0 saturated carbocycles. The highest BCUT2D eigenvalue weighted by Gasteiger charge is 2.10. The third kappa shape index (κ3) is 8.15. The minimum atomic E-state index is -0.411. The minimum Gasteiger partial charge on any atom is -0.494 e. The first-order valence-corrected chi connectivity index (χ1v) is 10.4. The van der Waals surface area contributed by atoms with Crippen LogP contribution in [0.15, 0.2) is 48.5 Å². The predicted molar refractivity (Wildman–Crippen MR) is 118 cm³/mol. The Balaban J connectivity index is 1.83. The fraction of sp³-hybridized carbons (Fsp3) is 0.417. The van der Waals surface area contributed by atoms with Gasteiger partial charge in [0, 0.05) is 11.1 Å². The maximum absolute atomic E-state index is 12.3. The Morgan fingerprint density at radius 1 is 0.733 bits per heavy atom. The Kier molecular flexibility index (Phi) is 9.19. The summed E-state index contributed by atoms with van der Waals surface area (Å²) in [5.41, 5.74) is 5.70. The van der Waals surface area contributed by atoms with Crippen LogP contribution in [0.4, 0.5) is 0 Å². The molecule has 0 aliphatic carbocycles. The summed E-state index contributed by atoms with van der Waals surface area (Å²) in [5.74, 6) is 1.65. The second-order valence-corrected chi connectivity index (χ2v) is 8.02. The van der Waals surface area contributed by atoms with E-state index >= 15 is 0 Å². The molecule has 0 bridgehead atoms. The Labute approximate surface area is 178 Å². The maximum Gasteiger partial charge on any atom is 0.269 e. The molecule has 0 aliphatic rings. The zero-order valence-electron chi connectivity index (χ0n) is 18.2. The first-order valence-electron chi connectivity index (χ1n) is 10.4. The van der Waals surface area contributed by atoms with E-state index in [1.165, 1.54) is 0 Å². The number of carbonyl (C=O) groups is 2. The SMILES string of the molecule is CC(C)CCOc1ccc(C(=O)NNC(=O)c2cccc(OCCC(C)C)c2)cc1. The van der Waals surface area contributed by atoms with Crippen molar-refractivity contribution in [1.29, 1.82) is 0 Å². The summed E-state index contributed by atoms with van der Waals surface area (Å²) in [7, 11) is 0. The van der Waals surface area contributed by atoms with Crippen LogP contribution in [0.5, 0.6) is 11.5 Å². The molecule has 0 heterocycles. The summed E-state index contributed by atoms with van der Waals surface area (Å²) in [6.07, 6.45) is 1.91. The Morgan fingerprint density at radius 3 is 1.83 bits per heavy atom. The molecule has 6 heteroatoms. The highest BCUT2D eigenvalue weighted by atomic mass is 16.5. The predicted octanol–water partition coefficient (Wildman–Crippen LogP) is 4.61. The molecule has 2 amide bonds. The van der Waals surface area contributed by atoms with Crippen LogP contribution in [0.2, 0.25) is 0 Å². The summed E-state index contributed by atoms with van der Waals surface area (Å²) >= 11 is 0. The van der Waals surface area contributed by atoms with Crippen molar-refractivity contribution < 1.29 is 19.1 Å². The van der Waals surface area contributed by atoms with E-state index in [9.17, 15) is 9.59 Å². The lowest BCUT2D eigenvalue weighted by Crippen LogP contribution is -2.41. The van der Waals surface area contributed by atoms with Gasteiger partial charge >= 0.3 is 0 Å². The lowest BCUT2D eigenvalue weighted by atomic mass is 10.1. The van der Waals surface area contributed by atoms with Crippen molar-refractivity contribution in [3.8, 4) is 11.5 Å². The molecule has 6 nitrogen and oxygen atoms in total. The van der Waals surface area contributed by atoms with E-state index in [0.29, 0.717) is 47.7 Å². The van der Waals surface area contributed by atoms with Gasteiger partial charge in [-0.25, -0.2) is 0 Å². The Hall–Kier alpha value is -3.02. The van der Waals surface area contributed by atoms with Gasteiger partial charge in [-0.2, -0.15) is 0 Å². The van der Waals surface area contributed by atoms with Gasteiger partial charge < -0.3 is 9.47 Å². The van der Waals surface area contributed by atoms with Crippen molar-refractivity contribution >= 4 is 11.8 Å². The summed E-state index contributed by atoms with van der Waals surface area (Å²) in [4.78, 5) is 24.6. The highest BCUT2D eigenvalue weighted by Crippen LogP contribution is 2.15. The van der Waals surface area contributed by atoms with Crippen LogP contribution in [0.3, 0.4) is 0 Å². The average molecular weight is 413 g/mol. The van der Waals surface area contributed by atoms with Crippen LogP contribution in [0.25, 0.3) is 0 Å². The monoisotopic (exact) mass is 412 g/mol. The molecule has 2 N–H and O–H groups in total. The van der Waals surface area contributed by atoms with E-state index in [-0.39, 0.29) is 0 Å². The fourth-order valence-electron chi connectivity index (χ4n) is 2.51. The van der Waals surface area contributed by atoms with Crippen molar-refractivity contribution in [2.24, 2.45) is 11.8 Å². The Bertz CT molecular complexity index is 816. The maximum atomic E-state index is 12.3. The number of nitrogens with one attached hydrogen (secondary N) is 2. The normalized spacial score (nSPS) is 10.7. The van der Waals surface area contributed by atoms with Crippen molar-refractivity contribution in [3.05, 3.63) is 59.7 Å². The van der Waals surface area contributed by atoms with Gasteiger partial charge in [0.2, 0.25) is 0 Å². The fourth-order valence-corrected chi connectivity index (χ4v) is 2.51. The number of carbonyl (C=O) groups excluding carboxylic acids is 2. The quantitative estimate of drug-likeness (QED) is 0.559. The largest absolute Gasteiger partial charge is 0.494 e. The number of hydrazine groups is 1. The van der Waals surface area contributed by atoms with E-state index < -0.39 is 11.8 Å². The van der Waals surface area contributed by atoms with Gasteiger partial charge in [-0.05, 0) is 67.1 Å². The molecule has 0 radical (unpaired) electrons.